The van der Waals surface area contributed by atoms with Crippen LogP contribution in [0.15, 0.2) is 0 Å². The summed E-state index contributed by atoms with van der Waals surface area (Å²) in [6, 6.07) is 0. The third-order valence-corrected chi connectivity index (χ3v) is 0. The number of nitrogens with one attached hydrogen (secondary N) is 1. The molecule has 0 saturated heterocycles. The van der Waals surface area contributed by atoms with Gasteiger partial charge in [-0.05, 0) is 0 Å². The van der Waals surface area contributed by atoms with Crippen LogP contribution in [0.3, 0.4) is 0 Å². The van der Waals surface area contributed by atoms with Crippen LogP contribution in [0.2, 0.25) is 0 Å². The van der Waals surface area contributed by atoms with Crippen molar-refractivity contribution in [3.05, 3.63) is 0 Å². The molecule has 0 fully saturated rings. The summed E-state index contributed by atoms with van der Waals surface area (Å²) < 4.78 is 0. The van der Waals surface area contributed by atoms with Crippen molar-refractivity contribution < 1.29 is 22.8 Å². The van der Waals surface area contributed by atoms with Gasteiger partial charge in [0, 0.05) is 17.4 Å². The van der Waals surface area contributed by atoms with Gasteiger partial charge in [-0.1, -0.05) is 0 Å². The van der Waals surface area contributed by atoms with E-state index >= 15 is 0 Å². The van der Waals surface area contributed by atoms with Crippen LogP contribution < -0.4 is 11.5 Å². The van der Waals surface area contributed by atoms with Crippen LogP contribution in [0.25, 0.3) is 0 Å². The maximum Gasteiger partial charge on any atom is 0.183 e. The molecule has 0 aromatic carbocycles. The molecule has 0 aliphatic carbocycles. The van der Waals surface area contributed by atoms with Gasteiger partial charge in [-0.15, -0.1) is 0 Å². The van der Waals surface area contributed by atoms with Crippen LogP contribution in [0.4, 0.5) is 0 Å². The second-order valence-corrected chi connectivity index (χ2v) is 0.455. The van der Waals surface area contributed by atoms with Crippen molar-refractivity contribution in [2.24, 2.45) is 11.5 Å². The SMILES string of the molecule is N=C(N)N.O.P.[Cr]. The predicted molar refractivity (Wildman–Crippen MR) is 30.8 cm³/mol. The van der Waals surface area contributed by atoms with E-state index in [-0.39, 0.29) is 38.7 Å². The summed E-state index contributed by atoms with van der Waals surface area (Å²) in [6.07, 6.45) is 0. The minimum absolute atomic E-state index is 0. The Morgan fingerprint density at radius 3 is 1.29 bits per heavy atom. The van der Waals surface area contributed by atoms with Gasteiger partial charge in [-0.2, -0.15) is 9.90 Å². The summed E-state index contributed by atoms with van der Waals surface area (Å²) in [6.45, 7) is 0. The minimum Gasteiger partial charge on any atom is -0.412 e. The summed E-state index contributed by atoms with van der Waals surface area (Å²) in [7, 11) is 0. The van der Waals surface area contributed by atoms with Crippen molar-refractivity contribution in [3.63, 3.8) is 0 Å². The maximum absolute atomic E-state index is 6.06. The van der Waals surface area contributed by atoms with Crippen LogP contribution in [-0.2, 0) is 17.4 Å². The van der Waals surface area contributed by atoms with Gasteiger partial charge < -0.3 is 16.9 Å². The van der Waals surface area contributed by atoms with E-state index in [1.165, 1.54) is 0 Å². The number of hydrogen-bond acceptors (Lipinski definition) is 1. The normalized spacial score (nSPS) is 3.43. The average Bonchev–Trinajstić information content (AvgIpc) is 0.811. The van der Waals surface area contributed by atoms with Crippen molar-refractivity contribution >= 4 is 15.9 Å². The molecule has 7 N–H and O–H groups in total. The zero-order valence-corrected chi connectivity index (χ0v) is 6.46. The molecule has 0 saturated carbocycles. The molecule has 0 aromatic rings. The van der Waals surface area contributed by atoms with E-state index in [9.17, 15) is 0 Å². The van der Waals surface area contributed by atoms with Crippen molar-refractivity contribution in [2.45, 2.75) is 0 Å². The van der Waals surface area contributed by atoms with Crippen molar-refractivity contribution in [1.29, 1.82) is 5.41 Å². The molecule has 1 unspecified atom stereocenters. The first-order valence-electron chi connectivity index (χ1n) is 0.827. The van der Waals surface area contributed by atoms with Crippen LogP contribution in [0.5, 0.6) is 0 Å². The quantitative estimate of drug-likeness (QED) is 0.219. The van der Waals surface area contributed by atoms with E-state index in [4.69, 9.17) is 5.41 Å². The molecule has 0 amide bonds. The molecule has 7 heavy (non-hydrogen) atoms. The summed E-state index contributed by atoms with van der Waals surface area (Å²) in [5, 5.41) is 6.06. The third kappa shape index (κ3) is 2940. The smallest absolute Gasteiger partial charge is 0.183 e. The Kier molecular flexibility index (Phi) is 63.3. The average molecular weight is 163 g/mol. The monoisotopic (exact) mass is 163 g/mol. The largest absolute Gasteiger partial charge is 0.412 e. The van der Waals surface area contributed by atoms with E-state index in [2.05, 4.69) is 11.5 Å². The molecule has 0 aromatic heterocycles. The molecule has 0 heterocycles. The Morgan fingerprint density at radius 1 is 1.29 bits per heavy atom. The van der Waals surface area contributed by atoms with E-state index in [1.54, 1.807) is 0 Å². The molecular formula is CH10CrN3OP. The maximum atomic E-state index is 6.06. The fraction of sp³-hybridized carbons (Fsp3) is 0. The predicted octanol–water partition coefficient (Wildman–Crippen LogP) is -1.93. The van der Waals surface area contributed by atoms with E-state index < -0.39 is 0 Å². The van der Waals surface area contributed by atoms with E-state index in [0.717, 1.165) is 0 Å². The molecule has 0 radical (unpaired) electrons. The Labute approximate surface area is 56.2 Å². The number of nitrogens with two attached hydrogens (primary N) is 2. The van der Waals surface area contributed by atoms with Gasteiger partial charge in [-0.25, -0.2) is 0 Å². The second-order valence-electron chi connectivity index (χ2n) is 0.455. The molecule has 46 valence electrons. The van der Waals surface area contributed by atoms with Gasteiger partial charge >= 0.3 is 0 Å². The van der Waals surface area contributed by atoms with Crippen molar-refractivity contribution in [2.75, 3.05) is 0 Å². The fourth-order valence-electron chi connectivity index (χ4n) is 0. The molecule has 0 aliphatic heterocycles. The first kappa shape index (κ1) is 27.1. The summed E-state index contributed by atoms with van der Waals surface area (Å²) in [4.78, 5) is 0. The topological polar surface area (TPSA) is 107 Å². The van der Waals surface area contributed by atoms with E-state index in [1.807, 2.05) is 0 Å². The fourth-order valence-corrected chi connectivity index (χ4v) is 0. The molecule has 6 heteroatoms. The molecule has 0 bridgehead atoms. The molecule has 0 aliphatic rings. The van der Waals surface area contributed by atoms with E-state index in [0.29, 0.717) is 0 Å². The Hall–Kier alpha value is 0.192. The van der Waals surface area contributed by atoms with Crippen molar-refractivity contribution in [1.82, 2.24) is 0 Å². The molecule has 4 nitrogen and oxygen atoms in total. The van der Waals surface area contributed by atoms with Gasteiger partial charge in [0.25, 0.3) is 0 Å². The summed E-state index contributed by atoms with van der Waals surface area (Å²) >= 11 is 0. The molecule has 0 rings (SSSR count). The molecular weight excluding hydrogens is 153 g/mol. The number of hydrogen-bond donors (Lipinski definition) is 3. The van der Waals surface area contributed by atoms with Gasteiger partial charge in [-0.3, -0.25) is 5.41 Å². The Morgan fingerprint density at radius 2 is 1.29 bits per heavy atom. The summed E-state index contributed by atoms with van der Waals surface area (Å²) in [5.41, 5.74) is 8.94. The van der Waals surface area contributed by atoms with Gasteiger partial charge in [0.15, 0.2) is 5.96 Å². The van der Waals surface area contributed by atoms with Crippen LogP contribution in [0, 0.1) is 5.41 Å². The standard InChI is InChI=1S/CH5N3.Cr.H2O.H3P/c2-1(3)4;;;/h(H5,2,3,4);;1H2;1H3. The first-order chi connectivity index (χ1) is 1.73. The van der Waals surface area contributed by atoms with Gasteiger partial charge in [0.2, 0.25) is 0 Å². The van der Waals surface area contributed by atoms with Crippen LogP contribution in [0.1, 0.15) is 0 Å². The van der Waals surface area contributed by atoms with Crippen LogP contribution in [-0.4, -0.2) is 11.4 Å². The third-order valence-electron chi connectivity index (χ3n) is 0. The first-order valence-corrected chi connectivity index (χ1v) is 0.827. The van der Waals surface area contributed by atoms with Crippen molar-refractivity contribution in [3.8, 4) is 0 Å². The number of guanidine groups is 1. The molecule has 1 atom stereocenters. The summed E-state index contributed by atoms with van der Waals surface area (Å²) in [5.74, 6) is -0.333. The minimum atomic E-state index is -0.333. The van der Waals surface area contributed by atoms with Gasteiger partial charge in [0.05, 0.1) is 0 Å². The zero-order chi connectivity index (χ0) is 3.58. The Bertz CT molecular complexity index is 37.9. The Balaban J connectivity index is -0.0000000150. The molecule has 0 spiro atoms. The number of rotatable bonds is 0. The van der Waals surface area contributed by atoms with Crippen LogP contribution >= 0.6 is 9.90 Å². The second kappa shape index (κ2) is 16.4. The van der Waals surface area contributed by atoms with Gasteiger partial charge in [0.1, 0.15) is 0 Å². The zero-order valence-electron chi connectivity index (χ0n) is 3.77.